The van der Waals surface area contributed by atoms with Crippen LogP contribution in [0.1, 0.15) is 24.7 Å². The highest BCUT2D eigenvalue weighted by Crippen LogP contribution is 2.23. The number of halogens is 1. The van der Waals surface area contributed by atoms with Gasteiger partial charge in [0.15, 0.2) is 0 Å². The van der Waals surface area contributed by atoms with Gasteiger partial charge in [0.2, 0.25) is 5.88 Å². The predicted octanol–water partition coefficient (Wildman–Crippen LogP) is 2.42. The van der Waals surface area contributed by atoms with Gasteiger partial charge in [-0.25, -0.2) is 4.98 Å². The third kappa shape index (κ3) is 3.07. The van der Waals surface area contributed by atoms with E-state index in [2.05, 4.69) is 9.97 Å². The van der Waals surface area contributed by atoms with Crippen molar-refractivity contribution in [1.29, 1.82) is 0 Å². The summed E-state index contributed by atoms with van der Waals surface area (Å²) in [6, 6.07) is 0. The van der Waals surface area contributed by atoms with Crippen molar-refractivity contribution >= 4 is 11.6 Å². The Balaban J connectivity index is 2.05. The van der Waals surface area contributed by atoms with E-state index in [9.17, 15) is 0 Å². The minimum absolute atomic E-state index is 0.466. The van der Waals surface area contributed by atoms with E-state index in [4.69, 9.17) is 21.1 Å². The Morgan fingerprint density at radius 3 is 2.94 bits per heavy atom. The summed E-state index contributed by atoms with van der Waals surface area (Å²) < 4.78 is 11.0. The van der Waals surface area contributed by atoms with E-state index in [-0.39, 0.29) is 0 Å². The minimum atomic E-state index is 0.466. The van der Waals surface area contributed by atoms with Gasteiger partial charge in [0, 0.05) is 24.5 Å². The summed E-state index contributed by atoms with van der Waals surface area (Å²) in [5.74, 6) is 1.79. The van der Waals surface area contributed by atoms with Gasteiger partial charge < -0.3 is 9.47 Å². The Morgan fingerprint density at radius 2 is 2.29 bits per heavy atom. The van der Waals surface area contributed by atoms with Crippen molar-refractivity contribution < 1.29 is 9.47 Å². The SMILES string of the molecule is CCc1nc(Cl)c(C)c(OCC2CCOC2)n1. The monoisotopic (exact) mass is 256 g/mol. The van der Waals surface area contributed by atoms with Gasteiger partial charge in [-0.15, -0.1) is 0 Å². The molecule has 0 aliphatic carbocycles. The van der Waals surface area contributed by atoms with Gasteiger partial charge in [-0.2, -0.15) is 4.98 Å². The van der Waals surface area contributed by atoms with Crippen LogP contribution in [0.15, 0.2) is 0 Å². The molecule has 1 atom stereocenters. The standard InChI is InChI=1S/C12H17ClN2O2/c1-3-10-14-11(13)8(2)12(15-10)17-7-9-4-5-16-6-9/h9H,3-7H2,1-2H3. The number of nitrogens with zero attached hydrogens (tertiary/aromatic N) is 2. The normalized spacial score (nSPS) is 19.6. The van der Waals surface area contributed by atoms with Crippen LogP contribution in [0.5, 0.6) is 5.88 Å². The quantitative estimate of drug-likeness (QED) is 0.776. The zero-order valence-corrected chi connectivity index (χ0v) is 11.0. The average molecular weight is 257 g/mol. The maximum absolute atomic E-state index is 6.04. The highest BCUT2D eigenvalue weighted by molar-refractivity contribution is 6.30. The fraction of sp³-hybridized carbons (Fsp3) is 0.667. The summed E-state index contributed by atoms with van der Waals surface area (Å²) in [5.41, 5.74) is 0.808. The van der Waals surface area contributed by atoms with Gasteiger partial charge in [0.05, 0.1) is 13.2 Å². The fourth-order valence-electron chi connectivity index (χ4n) is 1.72. The van der Waals surface area contributed by atoms with Gasteiger partial charge in [0.25, 0.3) is 0 Å². The Hall–Kier alpha value is -0.870. The van der Waals surface area contributed by atoms with Crippen LogP contribution >= 0.6 is 11.6 Å². The lowest BCUT2D eigenvalue weighted by molar-refractivity contribution is 0.165. The van der Waals surface area contributed by atoms with Crippen LogP contribution in [0.3, 0.4) is 0 Å². The first-order valence-electron chi connectivity index (χ1n) is 5.94. The van der Waals surface area contributed by atoms with E-state index in [1.165, 1.54) is 0 Å². The van der Waals surface area contributed by atoms with E-state index in [1.54, 1.807) is 0 Å². The minimum Gasteiger partial charge on any atom is -0.477 e. The summed E-state index contributed by atoms with van der Waals surface area (Å²) in [5, 5.41) is 0.481. The van der Waals surface area contributed by atoms with Crippen molar-refractivity contribution in [3.63, 3.8) is 0 Å². The molecule has 0 radical (unpaired) electrons. The van der Waals surface area contributed by atoms with Crippen LogP contribution in [0, 0.1) is 12.8 Å². The average Bonchev–Trinajstić information content (AvgIpc) is 2.84. The van der Waals surface area contributed by atoms with Crippen LogP contribution in [-0.4, -0.2) is 29.8 Å². The molecule has 1 unspecified atom stereocenters. The first-order valence-corrected chi connectivity index (χ1v) is 6.32. The third-order valence-electron chi connectivity index (χ3n) is 2.88. The van der Waals surface area contributed by atoms with E-state index in [0.29, 0.717) is 23.6 Å². The van der Waals surface area contributed by atoms with E-state index >= 15 is 0 Å². The highest BCUT2D eigenvalue weighted by Gasteiger charge is 2.18. The van der Waals surface area contributed by atoms with Crippen LogP contribution < -0.4 is 4.74 Å². The van der Waals surface area contributed by atoms with Gasteiger partial charge in [-0.1, -0.05) is 18.5 Å². The topological polar surface area (TPSA) is 44.2 Å². The van der Waals surface area contributed by atoms with Gasteiger partial charge in [-0.3, -0.25) is 0 Å². The Labute approximate surface area is 106 Å². The number of aromatic nitrogens is 2. The van der Waals surface area contributed by atoms with Gasteiger partial charge in [-0.05, 0) is 13.3 Å². The Kier molecular flexibility index (Phi) is 4.18. The largest absolute Gasteiger partial charge is 0.477 e. The van der Waals surface area contributed by atoms with Crippen LogP contribution in [0.4, 0.5) is 0 Å². The van der Waals surface area contributed by atoms with Crippen LogP contribution in [-0.2, 0) is 11.2 Å². The molecule has 0 amide bonds. The fourth-order valence-corrected chi connectivity index (χ4v) is 1.90. The molecule has 17 heavy (non-hydrogen) atoms. The number of aryl methyl sites for hydroxylation is 1. The lowest BCUT2D eigenvalue weighted by Crippen LogP contribution is -2.13. The summed E-state index contributed by atoms with van der Waals surface area (Å²) in [6.45, 7) is 6.12. The van der Waals surface area contributed by atoms with Gasteiger partial charge in [0.1, 0.15) is 11.0 Å². The summed E-state index contributed by atoms with van der Waals surface area (Å²) in [6.07, 6.45) is 1.81. The molecule has 0 aromatic carbocycles. The molecule has 0 N–H and O–H groups in total. The predicted molar refractivity (Wildman–Crippen MR) is 65.6 cm³/mol. The molecule has 1 aliphatic rings. The molecule has 1 aromatic heterocycles. The van der Waals surface area contributed by atoms with Crippen molar-refractivity contribution in [2.45, 2.75) is 26.7 Å². The summed E-state index contributed by atoms with van der Waals surface area (Å²) in [7, 11) is 0. The highest BCUT2D eigenvalue weighted by atomic mass is 35.5. The van der Waals surface area contributed by atoms with Crippen molar-refractivity contribution in [3.05, 3.63) is 16.5 Å². The van der Waals surface area contributed by atoms with Crippen molar-refractivity contribution in [2.75, 3.05) is 19.8 Å². The Bertz CT molecular complexity index is 392. The maximum atomic E-state index is 6.04. The van der Waals surface area contributed by atoms with E-state index in [0.717, 1.165) is 37.4 Å². The molecule has 0 bridgehead atoms. The summed E-state index contributed by atoms with van der Waals surface area (Å²) >= 11 is 6.04. The third-order valence-corrected chi connectivity index (χ3v) is 3.25. The number of hydrogen-bond donors (Lipinski definition) is 0. The van der Waals surface area contributed by atoms with Gasteiger partial charge >= 0.3 is 0 Å². The van der Waals surface area contributed by atoms with Crippen molar-refractivity contribution in [3.8, 4) is 5.88 Å². The molecule has 1 saturated heterocycles. The molecule has 0 saturated carbocycles. The van der Waals surface area contributed by atoms with Crippen LogP contribution in [0.25, 0.3) is 0 Å². The number of hydrogen-bond acceptors (Lipinski definition) is 4. The molecule has 1 aromatic rings. The first-order chi connectivity index (χ1) is 8.20. The van der Waals surface area contributed by atoms with E-state index in [1.807, 2.05) is 13.8 Å². The molecular formula is C12H17ClN2O2. The Morgan fingerprint density at radius 1 is 1.47 bits per heavy atom. The smallest absolute Gasteiger partial charge is 0.221 e. The molecule has 1 aliphatic heterocycles. The molecule has 0 spiro atoms. The molecule has 94 valence electrons. The first kappa shape index (κ1) is 12.6. The molecule has 2 rings (SSSR count). The zero-order valence-electron chi connectivity index (χ0n) is 10.2. The molecule has 1 fully saturated rings. The lowest BCUT2D eigenvalue weighted by atomic mass is 10.1. The molecule has 4 nitrogen and oxygen atoms in total. The zero-order chi connectivity index (χ0) is 12.3. The van der Waals surface area contributed by atoms with Crippen molar-refractivity contribution in [2.24, 2.45) is 5.92 Å². The van der Waals surface area contributed by atoms with Crippen LogP contribution in [0.2, 0.25) is 5.15 Å². The number of rotatable bonds is 4. The molecular weight excluding hydrogens is 240 g/mol. The lowest BCUT2D eigenvalue weighted by Gasteiger charge is -2.12. The second-order valence-corrected chi connectivity index (χ2v) is 4.61. The molecule has 2 heterocycles. The molecule has 5 heteroatoms. The second kappa shape index (κ2) is 5.65. The van der Waals surface area contributed by atoms with E-state index < -0.39 is 0 Å². The summed E-state index contributed by atoms with van der Waals surface area (Å²) in [4.78, 5) is 8.54. The maximum Gasteiger partial charge on any atom is 0.221 e. The second-order valence-electron chi connectivity index (χ2n) is 4.25. The van der Waals surface area contributed by atoms with Crippen molar-refractivity contribution in [1.82, 2.24) is 9.97 Å². The number of ether oxygens (including phenoxy) is 2.